The van der Waals surface area contributed by atoms with E-state index in [1.807, 2.05) is 6.92 Å². The molecule has 0 spiro atoms. The molecule has 3 amide bonds. The molecule has 0 radical (unpaired) electrons. The summed E-state index contributed by atoms with van der Waals surface area (Å²) in [6.45, 7) is 3.69. The lowest BCUT2D eigenvalue weighted by molar-refractivity contribution is -0.136. The SMILES string of the molecule is CCOCCCNC(=O)c1cccc(NC(=O)NCCC(=O)O)c1. The number of rotatable bonds is 10. The van der Waals surface area contributed by atoms with E-state index in [2.05, 4.69) is 16.0 Å². The highest BCUT2D eigenvalue weighted by Gasteiger charge is 2.07. The van der Waals surface area contributed by atoms with Crippen LogP contribution < -0.4 is 16.0 Å². The van der Waals surface area contributed by atoms with Crippen molar-refractivity contribution in [1.82, 2.24) is 10.6 Å². The average molecular weight is 337 g/mol. The Morgan fingerprint density at radius 3 is 2.67 bits per heavy atom. The minimum Gasteiger partial charge on any atom is -0.481 e. The van der Waals surface area contributed by atoms with Crippen molar-refractivity contribution in [1.29, 1.82) is 0 Å². The third kappa shape index (κ3) is 8.14. The minimum atomic E-state index is -0.988. The first kappa shape index (κ1) is 19.4. The molecule has 1 aromatic carbocycles. The quantitative estimate of drug-likeness (QED) is 0.482. The first-order valence-corrected chi connectivity index (χ1v) is 7.75. The Morgan fingerprint density at radius 2 is 1.96 bits per heavy atom. The predicted molar refractivity (Wildman–Crippen MR) is 89.2 cm³/mol. The van der Waals surface area contributed by atoms with Crippen molar-refractivity contribution in [3.63, 3.8) is 0 Å². The number of carboxylic acid groups (broad SMARTS) is 1. The van der Waals surface area contributed by atoms with E-state index in [1.54, 1.807) is 24.3 Å². The minimum absolute atomic E-state index is 0.0289. The molecular weight excluding hydrogens is 314 g/mol. The Morgan fingerprint density at radius 1 is 1.17 bits per heavy atom. The van der Waals surface area contributed by atoms with Gasteiger partial charge in [0.2, 0.25) is 0 Å². The van der Waals surface area contributed by atoms with Crippen LogP contribution >= 0.6 is 0 Å². The van der Waals surface area contributed by atoms with Gasteiger partial charge >= 0.3 is 12.0 Å². The van der Waals surface area contributed by atoms with Crippen LogP contribution in [0.1, 0.15) is 30.1 Å². The molecule has 24 heavy (non-hydrogen) atoms. The number of carbonyl (C=O) groups excluding carboxylic acids is 2. The lowest BCUT2D eigenvalue weighted by Gasteiger charge is -2.09. The van der Waals surface area contributed by atoms with Crippen LogP contribution in [0.15, 0.2) is 24.3 Å². The van der Waals surface area contributed by atoms with Gasteiger partial charge in [-0.15, -0.1) is 0 Å². The van der Waals surface area contributed by atoms with Crippen molar-refractivity contribution >= 4 is 23.6 Å². The van der Waals surface area contributed by atoms with Crippen LogP contribution in [0.2, 0.25) is 0 Å². The van der Waals surface area contributed by atoms with E-state index in [0.717, 1.165) is 6.42 Å². The molecule has 0 atom stereocenters. The number of carboxylic acids is 1. The van der Waals surface area contributed by atoms with Gasteiger partial charge in [0.25, 0.3) is 5.91 Å². The maximum Gasteiger partial charge on any atom is 0.319 e. The summed E-state index contributed by atoms with van der Waals surface area (Å²) in [5.74, 6) is -1.22. The van der Waals surface area contributed by atoms with E-state index in [0.29, 0.717) is 31.0 Å². The first-order valence-electron chi connectivity index (χ1n) is 7.75. The van der Waals surface area contributed by atoms with E-state index in [9.17, 15) is 14.4 Å². The molecule has 0 saturated carbocycles. The fourth-order valence-corrected chi connectivity index (χ4v) is 1.82. The standard InChI is InChI=1S/C16H23N3O5/c1-2-24-10-4-8-17-15(22)12-5-3-6-13(11-12)19-16(23)18-9-7-14(20)21/h3,5-6,11H,2,4,7-10H2,1H3,(H,17,22)(H,20,21)(H2,18,19,23). The van der Waals surface area contributed by atoms with E-state index in [-0.39, 0.29) is 18.9 Å². The largest absolute Gasteiger partial charge is 0.481 e. The molecule has 0 fully saturated rings. The van der Waals surface area contributed by atoms with Crippen LogP contribution in [0.4, 0.5) is 10.5 Å². The van der Waals surface area contributed by atoms with Crippen molar-refractivity contribution in [3.05, 3.63) is 29.8 Å². The summed E-state index contributed by atoms with van der Waals surface area (Å²) >= 11 is 0. The maximum absolute atomic E-state index is 12.0. The van der Waals surface area contributed by atoms with Crippen molar-refractivity contribution in [2.24, 2.45) is 0 Å². The molecule has 1 rings (SSSR count). The fraction of sp³-hybridized carbons (Fsp3) is 0.438. The zero-order valence-corrected chi connectivity index (χ0v) is 13.6. The number of urea groups is 1. The predicted octanol–water partition coefficient (Wildman–Crippen LogP) is 1.44. The average Bonchev–Trinajstić information content (AvgIpc) is 2.54. The normalized spacial score (nSPS) is 10.0. The smallest absolute Gasteiger partial charge is 0.319 e. The van der Waals surface area contributed by atoms with Gasteiger partial charge in [-0.2, -0.15) is 0 Å². The van der Waals surface area contributed by atoms with Crippen molar-refractivity contribution < 1.29 is 24.2 Å². The maximum atomic E-state index is 12.0. The monoisotopic (exact) mass is 337 g/mol. The van der Waals surface area contributed by atoms with Crippen LogP contribution in [0.3, 0.4) is 0 Å². The number of hydrogen-bond acceptors (Lipinski definition) is 4. The fourth-order valence-electron chi connectivity index (χ4n) is 1.82. The van der Waals surface area contributed by atoms with Gasteiger partial charge in [0.15, 0.2) is 0 Å². The summed E-state index contributed by atoms with van der Waals surface area (Å²) in [7, 11) is 0. The van der Waals surface area contributed by atoms with E-state index in [1.165, 1.54) is 0 Å². The van der Waals surface area contributed by atoms with Crippen molar-refractivity contribution in [2.75, 3.05) is 31.6 Å². The van der Waals surface area contributed by atoms with Gasteiger partial charge in [0.05, 0.1) is 6.42 Å². The lowest BCUT2D eigenvalue weighted by Crippen LogP contribution is -2.30. The molecule has 8 heteroatoms. The molecule has 132 valence electrons. The zero-order valence-electron chi connectivity index (χ0n) is 13.6. The number of amides is 3. The van der Waals surface area contributed by atoms with Gasteiger partial charge in [0.1, 0.15) is 0 Å². The molecule has 0 aliphatic rings. The van der Waals surface area contributed by atoms with Crippen molar-refractivity contribution in [2.45, 2.75) is 19.8 Å². The number of nitrogens with one attached hydrogen (secondary N) is 3. The van der Waals surface area contributed by atoms with Crippen LogP contribution in [-0.4, -0.2) is 49.3 Å². The molecule has 0 bridgehead atoms. The molecule has 0 unspecified atom stereocenters. The van der Waals surface area contributed by atoms with Gasteiger partial charge in [-0.25, -0.2) is 4.79 Å². The number of aliphatic carboxylic acids is 1. The topological polar surface area (TPSA) is 117 Å². The number of carbonyl (C=O) groups is 3. The Labute approximate surface area is 140 Å². The van der Waals surface area contributed by atoms with Gasteiger partial charge in [0, 0.05) is 37.6 Å². The van der Waals surface area contributed by atoms with E-state index >= 15 is 0 Å². The van der Waals surface area contributed by atoms with Gasteiger partial charge in [-0.1, -0.05) is 6.07 Å². The second-order valence-corrected chi connectivity index (χ2v) is 4.91. The third-order valence-corrected chi connectivity index (χ3v) is 2.96. The van der Waals surface area contributed by atoms with E-state index < -0.39 is 12.0 Å². The lowest BCUT2D eigenvalue weighted by atomic mass is 10.2. The van der Waals surface area contributed by atoms with Gasteiger partial charge in [-0.05, 0) is 31.5 Å². The summed E-state index contributed by atoms with van der Waals surface area (Å²) in [5.41, 5.74) is 0.875. The van der Waals surface area contributed by atoms with Crippen LogP contribution in [0.5, 0.6) is 0 Å². The summed E-state index contributed by atoms with van der Waals surface area (Å²) < 4.78 is 5.19. The summed E-state index contributed by atoms with van der Waals surface area (Å²) in [6, 6.07) is 5.97. The molecule has 0 saturated heterocycles. The molecule has 0 heterocycles. The van der Waals surface area contributed by atoms with Crippen LogP contribution in [-0.2, 0) is 9.53 Å². The van der Waals surface area contributed by atoms with Crippen molar-refractivity contribution in [3.8, 4) is 0 Å². The Hall–Kier alpha value is -2.61. The molecule has 0 aliphatic carbocycles. The number of ether oxygens (including phenoxy) is 1. The van der Waals surface area contributed by atoms with Gasteiger partial charge < -0.3 is 25.8 Å². The zero-order chi connectivity index (χ0) is 17.8. The molecule has 0 aromatic heterocycles. The summed E-state index contributed by atoms with van der Waals surface area (Å²) in [6.07, 6.45) is 0.571. The molecule has 4 N–H and O–H groups in total. The highest BCUT2D eigenvalue weighted by atomic mass is 16.5. The number of hydrogen-bond donors (Lipinski definition) is 4. The molecule has 1 aromatic rings. The Bertz CT molecular complexity index is 562. The third-order valence-electron chi connectivity index (χ3n) is 2.96. The second-order valence-electron chi connectivity index (χ2n) is 4.91. The molecular formula is C16H23N3O5. The molecule has 0 aliphatic heterocycles. The summed E-state index contributed by atoms with van der Waals surface area (Å²) in [5, 5.41) is 16.3. The first-order chi connectivity index (χ1) is 11.5. The highest BCUT2D eigenvalue weighted by molar-refractivity contribution is 5.96. The Balaban J connectivity index is 2.43. The number of benzene rings is 1. The highest BCUT2D eigenvalue weighted by Crippen LogP contribution is 2.10. The second kappa shape index (κ2) is 11.0. The van der Waals surface area contributed by atoms with Gasteiger partial charge in [-0.3, -0.25) is 9.59 Å². The number of anilines is 1. The summed E-state index contributed by atoms with van der Waals surface area (Å²) in [4.78, 5) is 34.0. The Kier molecular flexibility index (Phi) is 8.91. The van der Waals surface area contributed by atoms with E-state index in [4.69, 9.17) is 9.84 Å². The van der Waals surface area contributed by atoms with Crippen LogP contribution in [0, 0.1) is 0 Å². The molecule has 8 nitrogen and oxygen atoms in total. The van der Waals surface area contributed by atoms with Crippen LogP contribution in [0.25, 0.3) is 0 Å².